The van der Waals surface area contributed by atoms with E-state index in [0.717, 1.165) is 0 Å². The van der Waals surface area contributed by atoms with Gasteiger partial charge in [-0.25, -0.2) is 0 Å². The second kappa shape index (κ2) is 4.15. The van der Waals surface area contributed by atoms with Crippen LogP contribution in [0.1, 0.15) is 5.56 Å². The summed E-state index contributed by atoms with van der Waals surface area (Å²) in [6.45, 7) is 0. The first-order valence-corrected chi connectivity index (χ1v) is 3.61. The molecule has 0 heterocycles. The lowest BCUT2D eigenvalue weighted by Crippen LogP contribution is -1.97. The number of phenols is 2. The van der Waals surface area contributed by atoms with Crippen LogP contribution in [-0.2, 0) is 4.79 Å². The van der Waals surface area contributed by atoms with Crippen molar-refractivity contribution in [1.82, 2.24) is 5.32 Å². The van der Waals surface area contributed by atoms with Crippen LogP contribution in [0.5, 0.6) is 11.5 Å². The van der Waals surface area contributed by atoms with E-state index in [2.05, 4.69) is 5.32 Å². The first kappa shape index (κ1) is 9.12. The van der Waals surface area contributed by atoms with Crippen molar-refractivity contribution in [3.05, 3.63) is 30.0 Å². The SMILES string of the molecule is O=CN/C=C/c1cc(O)cc(O)c1. The van der Waals surface area contributed by atoms with Gasteiger partial charge in [0.1, 0.15) is 11.5 Å². The van der Waals surface area contributed by atoms with Crippen molar-refractivity contribution >= 4 is 12.5 Å². The second-order valence-electron chi connectivity index (χ2n) is 2.40. The molecule has 1 rings (SSSR count). The molecule has 0 bridgehead atoms. The molecule has 0 saturated carbocycles. The molecule has 0 fully saturated rings. The van der Waals surface area contributed by atoms with Crippen LogP contribution in [0.2, 0.25) is 0 Å². The van der Waals surface area contributed by atoms with E-state index in [1.165, 1.54) is 24.4 Å². The van der Waals surface area contributed by atoms with E-state index in [1.807, 2.05) is 0 Å². The standard InChI is InChI=1S/C9H9NO3/c11-6-10-2-1-7-3-8(12)5-9(13)4-7/h1-6,12-13H,(H,10,11)/b2-1+. The van der Waals surface area contributed by atoms with Gasteiger partial charge in [-0.1, -0.05) is 0 Å². The highest BCUT2D eigenvalue weighted by Gasteiger charge is 1.94. The highest BCUT2D eigenvalue weighted by atomic mass is 16.3. The number of nitrogens with one attached hydrogen (secondary N) is 1. The van der Waals surface area contributed by atoms with Crippen LogP contribution in [0.3, 0.4) is 0 Å². The normalized spacial score (nSPS) is 10.2. The largest absolute Gasteiger partial charge is 0.508 e. The maximum absolute atomic E-state index is 9.87. The Morgan fingerprint density at radius 2 is 1.77 bits per heavy atom. The Hall–Kier alpha value is -1.97. The topological polar surface area (TPSA) is 69.6 Å². The highest BCUT2D eigenvalue weighted by Crippen LogP contribution is 2.20. The van der Waals surface area contributed by atoms with Gasteiger partial charge in [-0.05, 0) is 23.8 Å². The van der Waals surface area contributed by atoms with Crippen molar-refractivity contribution in [2.45, 2.75) is 0 Å². The minimum atomic E-state index is -0.0225. The summed E-state index contributed by atoms with van der Waals surface area (Å²) in [5.41, 5.74) is 0.604. The lowest BCUT2D eigenvalue weighted by atomic mass is 10.2. The van der Waals surface area contributed by atoms with Crippen molar-refractivity contribution in [1.29, 1.82) is 0 Å². The molecule has 0 radical (unpaired) electrons. The number of amides is 1. The van der Waals surface area contributed by atoms with Crippen LogP contribution in [-0.4, -0.2) is 16.6 Å². The van der Waals surface area contributed by atoms with Gasteiger partial charge in [0.25, 0.3) is 0 Å². The fourth-order valence-corrected chi connectivity index (χ4v) is 0.898. The lowest BCUT2D eigenvalue weighted by Gasteiger charge is -1.97. The number of phenolic OH excluding ortho intramolecular Hbond substituents is 2. The van der Waals surface area contributed by atoms with Crippen LogP contribution in [0.25, 0.3) is 6.08 Å². The van der Waals surface area contributed by atoms with Crippen LogP contribution < -0.4 is 5.32 Å². The smallest absolute Gasteiger partial charge is 0.211 e. The minimum Gasteiger partial charge on any atom is -0.508 e. The fraction of sp³-hybridized carbons (Fsp3) is 0. The van der Waals surface area contributed by atoms with E-state index in [0.29, 0.717) is 12.0 Å². The minimum absolute atomic E-state index is 0.0225. The molecular formula is C9H9NO3. The third-order valence-corrected chi connectivity index (χ3v) is 1.36. The maximum Gasteiger partial charge on any atom is 0.211 e. The van der Waals surface area contributed by atoms with Gasteiger partial charge < -0.3 is 15.5 Å². The molecule has 0 aliphatic rings. The van der Waals surface area contributed by atoms with E-state index in [9.17, 15) is 4.79 Å². The van der Waals surface area contributed by atoms with Gasteiger partial charge in [0.15, 0.2) is 0 Å². The van der Waals surface area contributed by atoms with Gasteiger partial charge in [-0.3, -0.25) is 4.79 Å². The zero-order valence-corrected chi connectivity index (χ0v) is 6.77. The van der Waals surface area contributed by atoms with Crippen molar-refractivity contribution < 1.29 is 15.0 Å². The quantitative estimate of drug-likeness (QED) is 0.601. The molecule has 0 atom stereocenters. The van der Waals surface area contributed by atoms with E-state index < -0.39 is 0 Å². The van der Waals surface area contributed by atoms with Gasteiger partial charge >= 0.3 is 0 Å². The molecule has 0 aliphatic carbocycles. The van der Waals surface area contributed by atoms with Gasteiger partial charge in [0.2, 0.25) is 6.41 Å². The van der Waals surface area contributed by atoms with Crippen LogP contribution in [0.4, 0.5) is 0 Å². The Morgan fingerprint density at radius 3 is 2.31 bits per heavy atom. The van der Waals surface area contributed by atoms with Crippen molar-refractivity contribution in [2.75, 3.05) is 0 Å². The Morgan fingerprint density at radius 1 is 1.15 bits per heavy atom. The van der Waals surface area contributed by atoms with E-state index >= 15 is 0 Å². The third kappa shape index (κ3) is 2.86. The van der Waals surface area contributed by atoms with Gasteiger partial charge in [-0.2, -0.15) is 0 Å². The van der Waals surface area contributed by atoms with Gasteiger partial charge in [-0.15, -0.1) is 0 Å². The van der Waals surface area contributed by atoms with Crippen LogP contribution in [0.15, 0.2) is 24.4 Å². The zero-order chi connectivity index (χ0) is 9.68. The van der Waals surface area contributed by atoms with Gasteiger partial charge in [0, 0.05) is 12.3 Å². The van der Waals surface area contributed by atoms with Crippen molar-refractivity contribution in [2.24, 2.45) is 0 Å². The summed E-state index contributed by atoms with van der Waals surface area (Å²) in [6, 6.07) is 4.15. The maximum atomic E-state index is 9.87. The highest BCUT2D eigenvalue weighted by molar-refractivity contribution is 5.57. The predicted molar refractivity (Wildman–Crippen MR) is 48.0 cm³/mol. The van der Waals surface area contributed by atoms with E-state index in [-0.39, 0.29) is 11.5 Å². The zero-order valence-electron chi connectivity index (χ0n) is 6.77. The van der Waals surface area contributed by atoms with Crippen molar-refractivity contribution in [3.63, 3.8) is 0 Å². The second-order valence-corrected chi connectivity index (χ2v) is 2.40. The fourth-order valence-electron chi connectivity index (χ4n) is 0.898. The summed E-state index contributed by atoms with van der Waals surface area (Å²) >= 11 is 0. The van der Waals surface area contributed by atoms with Crippen LogP contribution >= 0.6 is 0 Å². The summed E-state index contributed by atoms with van der Waals surface area (Å²) in [7, 11) is 0. The number of rotatable bonds is 3. The first-order chi connectivity index (χ1) is 6.22. The molecule has 0 aromatic heterocycles. The molecule has 3 N–H and O–H groups in total. The molecule has 0 aliphatic heterocycles. The summed E-state index contributed by atoms with van der Waals surface area (Å²) in [5, 5.41) is 20.4. The van der Waals surface area contributed by atoms with E-state index in [1.54, 1.807) is 6.08 Å². The molecule has 1 amide bonds. The Kier molecular flexibility index (Phi) is 2.92. The molecule has 1 aromatic carbocycles. The molecule has 0 unspecified atom stereocenters. The summed E-state index contributed by atoms with van der Waals surface area (Å²) < 4.78 is 0. The number of hydrogen-bond donors (Lipinski definition) is 3. The van der Waals surface area contributed by atoms with Crippen molar-refractivity contribution in [3.8, 4) is 11.5 Å². The van der Waals surface area contributed by atoms with Gasteiger partial charge in [0.05, 0.1) is 0 Å². The van der Waals surface area contributed by atoms with Crippen LogP contribution in [0, 0.1) is 0 Å². The number of hydrogen-bond acceptors (Lipinski definition) is 3. The lowest BCUT2D eigenvalue weighted by molar-refractivity contribution is -0.108. The average molecular weight is 179 g/mol. The monoisotopic (exact) mass is 179 g/mol. The average Bonchev–Trinajstić information content (AvgIpc) is 2.03. The van der Waals surface area contributed by atoms with E-state index in [4.69, 9.17) is 10.2 Å². The molecular weight excluding hydrogens is 170 g/mol. The Labute approximate surface area is 75.1 Å². The number of carbonyl (C=O) groups excluding carboxylic acids is 1. The molecule has 4 nitrogen and oxygen atoms in total. The Bertz CT molecular complexity index is 313. The molecule has 0 saturated heterocycles. The summed E-state index contributed by atoms with van der Waals surface area (Å²) in [5.74, 6) is -0.0449. The molecule has 4 heteroatoms. The molecule has 1 aromatic rings. The summed E-state index contributed by atoms with van der Waals surface area (Å²) in [4.78, 5) is 9.87. The number of benzene rings is 1. The molecule has 13 heavy (non-hydrogen) atoms. The molecule has 0 spiro atoms. The number of carbonyl (C=O) groups is 1. The third-order valence-electron chi connectivity index (χ3n) is 1.36. The predicted octanol–water partition coefficient (Wildman–Crippen LogP) is 0.814. The summed E-state index contributed by atoms with van der Waals surface area (Å²) in [6.07, 6.45) is 3.48. The Balaban J connectivity index is 2.82. The number of aromatic hydroxyl groups is 2. The first-order valence-electron chi connectivity index (χ1n) is 3.61. The molecule has 68 valence electrons.